The Hall–Kier alpha value is -1.26. The number of ether oxygens (including phenoxy) is 1. The van der Waals surface area contributed by atoms with Crippen molar-refractivity contribution in [3.8, 4) is 0 Å². The van der Waals surface area contributed by atoms with Gasteiger partial charge in [-0.15, -0.1) is 15.7 Å². The zero-order valence-electron chi connectivity index (χ0n) is 9.82. The SMILES string of the molecule is COC(=O)C1=CC(c2ncc(Br)s2)=NS(=O)(=O)N1C. The molecule has 0 radical (unpaired) electrons. The molecular formula is C9H8BrN3O4S2. The lowest BCUT2D eigenvalue weighted by Gasteiger charge is -2.21. The molecule has 10 heteroatoms. The quantitative estimate of drug-likeness (QED) is 0.727. The van der Waals surface area contributed by atoms with Gasteiger partial charge in [-0.25, -0.2) is 14.1 Å². The highest BCUT2D eigenvalue weighted by Gasteiger charge is 2.31. The molecule has 0 atom stereocenters. The summed E-state index contributed by atoms with van der Waals surface area (Å²) in [5.74, 6) is -0.755. The van der Waals surface area contributed by atoms with Gasteiger partial charge in [-0.1, -0.05) is 0 Å². The predicted octanol–water partition coefficient (Wildman–Crippen LogP) is 0.942. The summed E-state index contributed by atoms with van der Waals surface area (Å²) < 4.78 is 33.4. The number of likely N-dealkylation sites (N-methyl/N-ethyl adjacent to an activating group) is 1. The average Bonchev–Trinajstić information content (AvgIpc) is 2.78. The van der Waals surface area contributed by atoms with Crippen LogP contribution in [0.4, 0.5) is 0 Å². The first-order valence-corrected chi connectivity index (χ1v) is 7.86. The van der Waals surface area contributed by atoms with Crippen LogP contribution in [0.25, 0.3) is 0 Å². The number of hydrogen-bond donors (Lipinski definition) is 0. The minimum atomic E-state index is -3.95. The largest absolute Gasteiger partial charge is 0.464 e. The Morgan fingerprint density at radius 1 is 1.53 bits per heavy atom. The van der Waals surface area contributed by atoms with Crippen molar-refractivity contribution >= 4 is 49.2 Å². The normalized spacial score (nSPS) is 17.7. The van der Waals surface area contributed by atoms with Gasteiger partial charge in [0.25, 0.3) is 0 Å². The molecule has 1 aromatic rings. The number of methoxy groups -OCH3 is 1. The molecule has 102 valence electrons. The summed E-state index contributed by atoms with van der Waals surface area (Å²) >= 11 is 4.44. The molecule has 1 aromatic heterocycles. The maximum atomic E-state index is 11.9. The molecule has 0 unspecified atom stereocenters. The van der Waals surface area contributed by atoms with E-state index >= 15 is 0 Å². The lowest BCUT2D eigenvalue weighted by molar-refractivity contribution is -0.137. The first-order chi connectivity index (χ1) is 8.85. The number of halogens is 1. The van der Waals surface area contributed by atoms with Crippen molar-refractivity contribution in [3.05, 3.63) is 26.8 Å². The highest BCUT2D eigenvalue weighted by molar-refractivity contribution is 9.11. The highest BCUT2D eigenvalue weighted by Crippen LogP contribution is 2.24. The minimum Gasteiger partial charge on any atom is -0.464 e. The van der Waals surface area contributed by atoms with Gasteiger partial charge >= 0.3 is 16.2 Å². The predicted molar refractivity (Wildman–Crippen MR) is 73.1 cm³/mol. The topological polar surface area (TPSA) is 88.9 Å². The van der Waals surface area contributed by atoms with E-state index in [1.54, 1.807) is 0 Å². The first kappa shape index (κ1) is 14.2. The Kier molecular flexibility index (Phi) is 3.74. The van der Waals surface area contributed by atoms with Gasteiger partial charge < -0.3 is 4.74 Å². The van der Waals surface area contributed by atoms with Gasteiger partial charge in [-0.05, 0) is 22.0 Å². The zero-order valence-corrected chi connectivity index (χ0v) is 13.0. The standard InChI is InChI=1S/C9H8BrN3O4S2/c1-13-6(9(14)17-2)3-5(12-19(13,15)16)8-11-4-7(10)18-8/h3-4H,1-2H3. The number of rotatable bonds is 2. The van der Waals surface area contributed by atoms with E-state index in [4.69, 9.17) is 0 Å². The number of nitrogens with zero attached hydrogens (tertiary/aromatic N) is 3. The molecule has 2 rings (SSSR count). The summed E-state index contributed by atoms with van der Waals surface area (Å²) in [6, 6.07) is 0. The molecule has 2 heterocycles. The summed E-state index contributed by atoms with van der Waals surface area (Å²) in [7, 11) is -1.54. The second-order valence-electron chi connectivity index (χ2n) is 3.41. The summed E-state index contributed by atoms with van der Waals surface area (Å²) in [6.07, 6.45) is 2.86. The van der Waals surface area contributed by atoms with Gasteiger partial charge in [0.2, 0.25) is 0 Å². The summed E-state index contributed by atoms with van der Waals surface area (Å²) in [6.45, 7) is 0. The van der Waals surface area contributed by atoms with E-state index in [1.807, 2.05) is 0 Å². The maximum absolute atomic E-state index is 11.9. The number of hydrogen-bond acceptors (Lipinski definition) is 6. The zero-order chi connectivity index (χ0) is 14.2. The molecule has 1 aliphatic rings. The van der Waals surface area contributed by atoms with Crippen molar-refractivity contribution in [1.29, 1.82) is 0 Å². The molecule has 0 amide bonds. The molecule has 0 bridgehead atoms. The molecule has 19 heavy (non-hydrogen) atoms. The van der Waals surface area contributed by atoms with Gasteiger partial charge in [0.1, 0.15) is 16.4 Å². The van der Waals surface area contributed by atoms with Crippen molar-refractivity contribution in [2.45, 2.75) is 0 Å². The Morgan fingerprint density at radius 2 is 2.21 bits per heavy atom. The molecule has 0 aromatic carbocycles. The number of carbonyl (C=O) groups is 1. The average molecular weight is 366 g/mol. The molecule has 7 nitrogen and oxygen atoms in total. The van der Waals surface area contributed by atoms with E-state index in [0.717, 1.165) is 8.09 Å². The monoisotopic (exact) mass is 365 g/mol. The second kappa shape index (κ2) is 5.02. The molecule has 0 spiro atoms. The fourth-order valence-corrected chi connectivity index (χ4v) is 3.43. The van der Waals surface area contributed by atoms with Gasteiger partial charge in [-0.3, -0.25) is 0 Å². The van der Waals surface area contributed by atoms with E-state index in [1.165, 1.54) is 37.8 Å². The Bertz CT molecular complexity index is 692. The molecule has 0 saturated heterocycles. The van der Waals surface area contributed by atoms with E-state index in [2.05, 4.69) is 30.0 Å². The molecular weight excluding hydrogens is 358 g/mol. The van der Waals surface area contributed by atoms with Crippen molar-refractivity contribution in [1.82, 2.24) is 9.29 Å². The second-order valence-corrected chi connectivity index (χ2v) is 7.45. The van der Waals surface area contributed by atoms with Gasteiger partial charge in [-0.2, -0.15) is 8.42 Å². The van der Waals surface area contributed by atoms with Crippen LogP contribution in [0.3, 0.4) is 0 Å². The Labute approximate surface area is 121 Å². The molecule has 0 saturated carbocycles. The van der Waals surface area contributed by atoms with Crippen molar-refractivity contribution in [3.63, 3.8) is 0 Å². The third-order valence-electron chi connectivity index (χ3n) is 2.26. The van der Waals surface area contributed by atoms with Crippen molar-refractivity contribution in [2.24, 2.45) is 4.40 Å². The smallest absolute Gasteiger partial charge is 0.355 e. The number of thiazole rings is 1. The van der Waals surface area contributed by atoms with Crippen LogP contribution in [0.2, 0.25) is 0 Å². The van der Waals surface area contributed by atoms with Crippen LogP contribution in [0.5, 0.6) is 0 Å². The number of allylic oxidation sites excluding steroid dienone is 1. The number of aromatic nitrogens is 1. The minimum absolute atomic E-state index is 0.106. The lowest BCUT2D eigenvalue weighted by Crippen LogP contribution is -2.33. The van der Waals surface area contributed by atoms with Crippen molar-refractivity contribution in [2.75, 3.05) is 14.2 Å². The maximum Gasteiger partial charge on any atom is 0.355 e. The number of esters is 1. The molecule has 1 aliphatic heterocycles. The van der Waals surface area contributed by atoms with Gasteiger partial charge in [0, 0.05) is 7.05 Å². The van der Waals surface area contributed by atoms with Crippen molar-refractivity contribution < 1.29 is 17.9 Å². The van der Waals surface area contributed by atoms with E-state index < -0.39 is 16.2 Å². The van der Waals surface area contributed by atoms with Crippen LogP contribution in [0.1, 0.15) is 5.01 Å². The highest BCUT2D eigenvalue weighted by atomic mass is 79.9. The van der Waals surface area contributed by atoms with E-state index in [9.17, 15) is 13.2 Å². The first-order valence-electron chi connectivity index (χ1n) is 4.85. The Morgan fingerprint density at radius 3 is 2.74 bits per heavy atom. The van der Waals surface area contributed by atoms with Gasteiger partial charge in [0.15, 0.2) is 0 Å². The lowest BCUT2D eigenvalue weighted by atomic mass is 10.3. The van der Waals surface area contributed by atoms with Crippen LogP contribution in [-0.2, 0) is 19.7 Å². The third kappa shape index (κ3) is 2.69. The molecule has 0 N–H and O–H groups in total. The van der Waals surface area contributed by atoms with Crippen LogP contribution in [-0.4, -0.2) is 43.5 Å². The van der Waals surface area contributed by atoms with E-state index in [0.29, 0.717) is 5.01 Å². The fourth-order valence-electron chi connectivity index (χ4n) is 1.32. The summed E-state index contributed by atoms with van der Waals surface area (Å²) in [5, 5.41) is 0.393. The van der Waals surface area contributed by atoms with E-state index in [-0.39, 0.29) is 11.4 Å². The molecule has 0 aliphatic carbocycles. The fraction of sp³-hybridized carbons (Fsp3) is 0.222. The number of carbonyl (C=O) groups excluding carboxylic acids is 1. The Balaban J connectivity index is 2.55. The summed E-state index contributed by atoms with van der Waals surface area (Å²) in [5.41, 5.74) is -0.00646. The van der Waals surface area contributed by atoms with Gasteiger partial charge in [0.05, 0.1) is 17.1 Å². The molecule has 0 fully saturated rings. The van der Waals surface area contributed by atoms with Crippen LogP contribution >= 0.6 is 27.3 Å². The van der Waals surface area contributed by atoms with Crippen LogP contribution < -0.4 is 0 Å². The third-order valence-corrected chi connectivity index (χ3v) is 5.08. The van der Waals surface area contributed by atoms with Crippen LogP contribution in [0, 0.1) is 0 Å². The summed E-state index contributed by atoms with van der Waals surface area (Å²) in [4.78, 5) is 15.6. The van der Waals surface area contributed by atoms with Crippen LogP contribution in [0.15, 0.2) is 26.2 Å².